The molecule has 0 saturated carbocycles. The molecule has 0 radical (unpaired) electrons. The van der Waals surface area contributed by atoms with Crippen molar-refractivity contribution in [2.45, 2.75) is 9.79 Å². The maximum absolute atomic E-state index is 9.76. The van der Waals surface area contributed by atoms with Gasteiger partial charge in [-0.1, -0.05) is 70.1 Å². The average Bonchev–Trinajstić information content (AvgIpc) is 2.84. The molecule has 0 aliphatic carbocycles. The summed E-state index contributed by atoms with van der Waals surface area (Å²) in [6.07, 6.45) is 0. The molecule has 0 saturated heterocycles. The number of para-hydroxylation sites is 2. The minimum absolute atomic E-state index is 0.448. The number of hydrogen-bond donors (Lipinski definition) is 0. The molecule has 154 valence electrons. The van der Waals surface area contributed by atoms with E-state index in [1.807, 2.05) is 84.9 Å². The summed E-state index contributed by atoms with van der Waals surface area (Å²) in [7, 11) is 2.80. The molecule has 4 rings (SSSR count). The van der Waals surface area contributed by atoms with E-state index in [0.29, 0.717) is 34.1 Å². The molecule has 0 bridgehead atoms. The van der Waals surface area contributed by atoms with Crippen LogP contribution in [0.1, 0.15) is 11.1 Å². The van der Waals surface area contributed by atoms with Gasteiger partial charge in [0.05, 0.1) is 0 Å². The van der Waals surface area contributed by atoms with E-state index in [9.17, 15) is 10.5 Å². The minimum Gasteiger partial charge on any atom is -0.456 e. The molecule has 0 amide bonds. The topological polar surface area (TPSA) is 66.0 Å². The molecule has 0 aliphatic heterocycles. The highest BCUT2D eigenvalue weighted by atomic mass is 33.1. The van der Waals surface area contributed by atoms with Gasteiger partial charge in [0.25, 0.3) is 0 Å². The van der Waals surface area contributed by atoms with Gasteiger partial charge in [-0.15, -0.1) is 0 Å². The van der Waals surface area contributed by atoms with Crippen molar-refractivity contribution in [1.82, 2.24) is 0 Å². The predicted octanol–water partition coefficient (Wildman–Crippen LogP) is 7.81. The Hall–Kier alpha value is -3.84. The van der Waals surface area contributed by atoms with Crippen LogP contribution in [0.15, 0.2) is 107 Å². The molecule has 0 N–H and O–H groups in total. The van der Waals surface area contributed by atoms with Crippen molar-refractivity contribution in [3.05, 3.63) is 108 Å². The van der Waals surface area contributed by atoms with E-state index in [1.54, 1.807) is 12.1 Å². The largest absolute Gasteiger partial charge is 0.456 e. The zero-order valence-electron chi connectivity index (χ0n) is 16.8. The summed E-state index contributed by atoms with van der Waals surface area (Å²) in [5.74, 6) is 2.31. The lowest BCUT2D eigenvalue weighted by molar-refractivity contribution is 0.479. The highest BCUT2D eigenvalue weighted by Crippen LogP contribution is 2.44. The molecule has 4 aromatic rings. The van der Waals surface area contributed by atoms with E-state index >= 15 is 0 Å². The van der Waals surface area contributed by atoms with Gasteiger partial charge in [-0.2, -0.15) is 10.5 Å². The van der Waals surface area contributed by atoms with E-state index in [-0.39, 0.29) is 0 Å². The van der Waals surface area contributed by atoms with Crippen LogP contribution in [0.5, 0.6) is 23.0 Å². The normalized spacial score (nSPS) is 10.1. The van der Waals surface area contributed by atoms with Crippen LogP contribution in [-0.4, -0.2) is 0 Å². The Balaban J connectivity index is 1.56. The van der Waals surface area contributed by atoms with E-state index in [4.69, 9.17) is 9.47 Å². The third kappa shape index (κ3) is 5.07. The van der Waals surface area contributed by atoms with Crippen LogP contribution < -0.4 is 9.47 Å². The molecule has 4 nitrogen and oxygen atoms in total. The molecule has 0 spiro atoms. The van der Waals surface area contributed by atoms with Crippen LogP contribution in [0.4, 0.5) is 0 Å². The highest BCUT2D eigenvalue weighted by Gasteiger charge is 2.15. The fourth-order valence-electron chi connectivity index (χ4n) is 2.87. The maximum Gasteiger partial charge on any atom is 0.146 e. The highest BCUT2D eigenvalue weighted by molar-refractivity contribution is 8.76. The Kier molecular flexibility index (Phi) is 6.99. The van der Waals surface area contributed by atoms with Gasteiger partial charge >= 0.3 is 0 Å². The Morgan fingerprint density at radius 3 is 1.28 bits per heavy atom. The molecule has 0 heterocycles. The number of benzene rings is 4. The molecule has 6 heteroatoms. The quantitative estimate of drug-likeness (QED) is 0.266. The van der Waals surface area contributed by atoms with Gasteiger partial charge in [0.2, 0.25) is 0 Å². The summed E-state index contributed by atoms with van der Waals surface area (Å²) in [6.45, 7) is 0. The first kappa shape index (κ1) is 21.4. The second-order valence-corrected chi connectivity index (χ2v) is 8.69. The maximum atomic E-state index is 9.76. The fraction of sp³-hybridized carbons (Fsp3) is 0. The monoisotopic (exact) mass is 452 g/mol. The smallest absolute Gasteiger partial charge is 0.146 e. The van der Waals surface area contributed by atoms with E-state index in [0.717, 1.165) is 9.79 Å². The lowest BCUT2D eigenvalue weighted by Crippen LogP contribution is -1.91. The molecule has 0 fully saturated rings. The number of ether oxygens (including phenoxy) is 2. The number of nitriles is 2. The number of nitrogens with zero attached hydrogens (tertiary/aromatic N) is 2. The minimum atomic E-state index is 0.448. The van der Waals surface area contributed by atoms with Crippen molar-refractivity contribution in [2.75, 3.05) is 0 Å². The zero-order valence-corrected chi connectivity index (χ0v) is 18.4. The van der Waals surface area contributed by atoms with Crippen molar-refractivity contribution >= 4 is 21.6 Å². The van der Waals surface area contributed by atoms with Crippen LogP contribution in [0.3, 0.4) is 0 Å². The van der Waals surface area contributed by atoms with Gasteiger partial charge in [0, 0.05) is 9.79 Å². The van der Waals surface area contributed by atoms with Gasteiger partial charge in [-0.25, -0.2) is 0 Å². The summed E-state index contributed by atoms with van der Waals surface area (Å²) in [6, 6.07) is 34.2. The molecule has 32 heavy (non-hydrogen) atoms. The van der Waals surface area contributed by atoms with Crippen LogP contribution in [-0.2, 0) is 0 Å². The van der Waals surface area contributed by atoms with Crippen molar-refractivity contribution in [2.24, 2.45) is 0 Å². The third-order valence-corrected chi connectivity index (χ3v) is 6.81. The Morgan fingerprint density at radius 2 is 0.906 bits per heavy atom. The van der Waals surface area contributed by atoms with Crippen molar-refractivity contribution in [3.63, 3.8) is 0 Å². The average molecular weight is 453 g/mol. The van der Waals surface area contributed by atoms with Crippen LogP contribution >= 0.6 is 21.6 Å². The zero-order chi connectivity index (χ0) is 22.2. The van der Waals surface area contributed by atoms with Gasteiger partial charge in [0.1, 0.15) is 46.3 Å². The third-order valence-electron chi connectivity index (χ3n) is 4.36. The lowest BCUT2D eigenvalue weighted by Gasteiger charge is -2.12. The van der Waals surface area contributed by atoms with E-state index in [1.165, 1.54) is 21.6 Å². The van der Waals surface area contributed by atoms with Gasteiger partial charge in [0.15, 0.2) is 0 Å². The SMILES string of the molecule is N#Cc1c(Oc2ccccc2)cccc1SSc1cccc(Oc2ccccc2)c1C#N. The summed E-state index contributed by atoms with van der Waals surface area (Å²) in [5, 5.41) is 19.5. The van der Waals surface area contributed by atoms with E-state index < -0.39 is 0 Å². The number of hydrogen-bond acceptors (Lipinski definition) is 6. The molecule has 0 aliphatic rings. The van der Waals surface area contributed by atoms with Crippen molar-refractivity contribution in [1.29, 1.82) is 10.5 Å². The molecular weight excluding hydrogens is 436 g/mol. The lowest BCUT2D eigenvalue weighted by atomic mass is 10.2. The Morgan fingerprint density at radius 1 is 0.500 bits per heavy atom. The second-order valence-electron chi connectivity index (χ2n) is 6.48. The summed E-state index contributed by atoms with van der Waals surface area (Å²) < 4.78 is 11.8. The van der Waals surface area contributed by atoms with Gasteiger partial charge in [-0.3, -0.25) is 0 Å². The number of rotatable bonds is 7. The van der Waals surface area contributed by atoms with Crippen LogP contribution in [0, 0.1) is 22.7 Å². The Bertz CT molecular complexity index is 1190. The molecule has 0 unspecified atom stereocenters. The molecule has 0 aromatic heterocycles. The first-order valence-corrected chi connectivity index (χ1v) is 11.8. The van der Waals surface area contributed by atoms with Gasteiger partial charge < -0.3 is 9.47 Å². The molecular formula is C26H16N2O2S2. The van der Waals surface area contributed by atoms with Crippen LogP contribution in [0.2, 0.25) is 0 Å². The summed E-state index contributed by atoms with van der Waals surface area (Å²) >= 11 is 0. The first-order chi connectivity index (χ1) is 15.8. The Labute approximate surface area is 194 Å². The first-order valence-electron chi connectivity index (χ1n) is 9.65. The molecule has 0 atom stereocenters. The summed E-state index contributed by atoms with van der Waals surface area (Å²) in [4.78, 5) is 1.51. The van der Waals surface area contributed by atoms with Crippen LogP contribution in [0.25, 0.3) is 0 Å². The van der Waals surface area contributed by atoms with Gasteiger partial charge in [-0.05, 0) is 48.5 Å². The standard InChI is InChI=1S/C26H16N2O2S2/c27-17-21-23(29-19-9-3-1-4-10-19)13-7-15-25(21)31-32-26-16-8-14-24(22(26)18-28)30-20-11-5-2-6-12-20/h1-16H. The summed E-state index contributed by atoms with van der Waals surface area (Å²) in [5.41, 5.74) is 0.896. The fourth-order valence-corrected chi connectivity index (χ4v) is 5.15. The molecule has 4 aromatic carbocycles. The van der Waals surface area contributed by atoms with Crippen molar-refractivity contribution < 1.29 is 9.47 Å². The van der Waals surface area contributed by atoms with Crippen molar-refractivity contribution in [3.8, 4) is 35.1 Å². The van der Waals surface area contributed by atoms with E-state index in [2.05, 4.69) is 12.1 Å². The predicted molar refractivity (Wildman–Crippen MR) is 127 cm³/mol. The second kappa shape index (κ2) is 10.5.